The Kier molecular flexibility index (Phi) is 1.87. The van der Waals surface area contributed by atoms with Crippen molar-refractivity contribution in [3.05, 3.63) is 45.3 Å². The summed E-state index contributed by atoms with van der Waals surface area (Å²) >= 11 is 1.77. The number of allylic oxidation sites excluding steroid dienone is 2. The molecule has 1 spiro atoms. The molecule has 0 aromatic carbocycles. The first-order valence-electron chi connectivity index (χ1n) is 8.72. The molecule has 1 aromatic rings. The van der Waals surface area contributed by atoms with Gasteiger partial charge in [0.1, 0.15) is 6.04 Å². The number of hydrogen-bond acceptors (Lipinski definition) is 4. The van der Waals surface area contributed by atoms with Crippen LogP contribution in [0.15, 0.2) is 28.4 Å². The standard InChI is InChI=1S/C18H15N3O2S/c22-9-3-10-18-4-8(9)21-2-1-7-6-19-14-12(7)16(21)13(18)15(17(14)23)20-11(5-18)24-10/h3,6,8,11,16,19-20H,1-2,4-5H2/p+1/t8-,11+,16?,18-/m0/s1. The van der Waals surface area contributed by atoms with Crippen LogP contribution in [0, 0.1) is 5.41 Å². The molecular weight excluding hydrogens is 322 g/mol. The summed E-state index contributed by atoms with van der Waals surface area (Å²) in [7, 11) is 0. The number of hydrogen-bond donors (Lipinski definition) is 3. The van der Waals surface area contributed by atoms with Crippen LogP contribution in [0.5, 0.6) is 0 Å². The van der Waals surface area contributed by atoms with Crippen LogP contribution in [0.1, 0.15) is 40.5 Å². The van der Waals surface area contributed by atoms with E-state index in [-0.39, 0.29) is 28.7 Å². The van der Waals surface area contributed by atoms with E-state index in [1.54, 1.807) is 11.8 Å². The lowest BCUT2D eigenvalue weighted by atomic mass is 9.58. The molecule has 5 heterocycles. The minimum Gasteiger partial charge on any atom is -0.370 e. The van der Waals surface area contributed by atoms with Gasteiger partial charge in [-0.2, -0.15) is 0 Å². The molecule has 0 saturated carbocycles. The van der Waals surface area contributed by atoms with Gasteiger partial charge < -0.3 is 15.2 Å². The van der Waals surface area contributed by atoms with Crippen molar-refractivity contribution in [1.29, 1.82) is 0 Å². The summed E-state index contributed by atoms with van der Waals surface area (Å²) in [4.78, 5) is 31.8. The number of Topliss-reactive ketones (excluding diaryl/α,β-unsaturated/α-hetero) is 1. The van der Waals surface area contributed by atoms with Gasteiger partial charge in [-0.3, -0.25) is 9.59 Å². The number of rotatable bonds is 0. The van der Waals surface area contributed by atoms with Crippen molar-refractivity contribution in [1.82, 2.24) is 10.3 Å². The first kappa shape index (κ1) is 12.6. The Morgan fingerprint density at radius 3 is 3.12 bits per heavy atom. The average Bonchev–Trinajstić information content (AvgIpc) is 3.11. The van der Waals surface area contributed by atoms with Gasteiger partial charge in [0.05, 0.1) is 23.3 Å². The first-order valence-corrected chi connectivity index (χ1v) is 9.60. The molecule has 2 aliphatic carbocycles. The van der Waals surface area contributed by atoms with Crippen LogP contribution >= 0.6 is 11.8 Å². The van der Waals surface area contributed by atoms with E-state index in [9.17, 15) is 9.59 Å². The summed E-state index contributed by atoms with van der Waals surface area (Å²) < 4.78 is 0. The number of aromatic nitrogens is 1. The third kappa shape index (κ3) is 1.10. The molecule has 5 nitrogen and oxygen atoms in total. The molecular formula is C18H16N3O2S+. The van der Waals surface area contributed by atoms with Crippen molar-refractivity contribution in [3.8, 4) is 0 Å². The van der Waals surface area contributed by atoms with Gasteiger partial charge in [-0.1, -0.05) is 0 Å². The number of ketones is 2. The second-order valence-corrected chi connectivity index (χ2v) is 9.18. The van der Waals surface area contributed by atoms with Crippen LogP contribution in [-0.4, -0.2) is 34.5 Å². The lowest BCUT2D eigenvalue weighted by molar-refractivity contribution is -0.949. The topological polar surface area (TPSA) is 66.4 Å². The predicted octanol–water partition coefficient (Wildman–Crippen LogP) is 0.239. The second kappa shape index (κ2) is 3.58. The summed E-state index contributed by atoms with van der Waals surface area (Å²) in [5.41, 5.74) is 5.31. The number of aromatic amines is 1. The fourth-order valence-electron chi connectivity index (χ4n) is 6.23. The average molecular weight is 338 g/mol. The number of thioether (sulfide) groups is 1. The third-order valence-corrected chi connectivity index (χ3v) is 8.40. The van der Waals surface area contributed by atoms with Gasteiger partial charge in [0.2, 0.25) is 11.6 Å². The minimum absolute atomic E-state index is 0.0537. The number of quaternary nitrogens is 1. The molecule has 2 saturated heterocycles. The highest BCUT2D eigenvalue weighted by Gasteiger charge is 2.66. The molecule has 5 atom stereocenters. The summed E-state index contributed by atoms with van der Waals surface area (Å²) in [6.45, 7) is 0.978. The summed E-state index contributed by atoms with van der Waals surface area (Å²) in [6.07, 6.45) is 6.80. The van der Waals surface area contributed by atoms with Crippen molar-refractivity contribution in [2.45, 2.75) is 36.7 Å². The Morgan fingerprint density at radius 2 is 2.21 bits per heavy atom. The predicted molar refractivity (Wildman–Crippen MR) is 87.5 cm³/mol. The quantitative estimate of drug-likeness (QED) is 0.634. The van der Waals surface area contributed by atoms with Gasteiger partial charge in [0, 0.05) is 40.5 Å². The first-order chi connectivity index (χ1) is 11.7. The molecule has 2 unspecified atom stereocenters. The SMILES string of the molecule is O=C1C2=C3C4c5c(c[nH]c51)CC[NH+]4[C@H]1C[C@@]34C[C@H](N2)SC4=CC1=O. The van der Waals surface area contributed by atoms with Gasteiger partial charge in [-0.05, 0) is 18.1 Å². The fourth-order valence-corrected chi connectivity index (χ4v) is 7.77. The number of H-pyrrole nitrogens is 1. The zero-order chi connectivity index (χ0) is 15.8. The smallest absolute Gasteiger partial charge is 0.225 e. The minimum atomic E-state index is -0.0537. The monoisotopic (exact) mass is 338 g/mol. The zero-order valence-electron chi connectivity index (χ0n) is 12.9. The molecule has 6 heteroatoms. The summed E-state index contributed by atoms with van der Waals surface area (Å²) in [6, 6.07) is 0.242. The maximum Gasteiger partial charge on any atom is 0.225 e. The molecule has 6 aliphatic rings. The van der Waals surface area contributed by atoms with Gasteiger partial charge in [-0.15, -0.1) is 11.8 Å². The van der Waals surface area contributed by atoms with E-state index in [0.717, 1.165) is 37.2 Å². The highest BCUT2D eigenvalue weighted by atomic mass is 32.2. The fraction of sp³-hybridized carbons (Fsp3) is 0.444. The Bertz CT molecular complexity index is 957. The number of nitrogens with one attached hydrogen (secondary N) is 3. The highest BCUT2D eigenvalue weighted by Crippen LogP contribution is 2.65. The van der Waals surface area contributed by atoms with Crippen LogP contribution in [0.3, 0.4) is 0 Å². The Labute approximate surface area is 142 Å². The largest absolute Gasteiger partial charge is 0.370 e. The van der Waals surface area contributed by atoms with E-state index in [1.807, 2.05) is 12.3 Å². The normalized spacial score (nSPS) is 42.9. The third-order valence-electron chi connectivity index (χ3n) is 7.07. The molecule has 3 N–H and O–H groups in total. The van der Waals surface area contributed by atoms with Crippen molar-refractivity contribution >= 4 is 23.3 Å². The molecule has 0 radical (unpaired) electrons. The van der Waals surface area contributed by atoms with Gasteiger partial charge in [-0.25, -0.2) is 0 Å². The van der Waals surface area contributed by atoms with Crippen LogP contribution in [0.2, 0.25) is 0 Å². The molecule has 120 valence electrons. The van der Waals surface area contributed by atoms with Gasteiger partial charge >= 0.3 is 0 Å². The summed E-state index contributed by atoms with van der Waals surface area (Å²) in [5, 5.41) is 3.75. The molecule has 7 rings (SSSR count). The number of carbonyl (C=O) groups excluding carboxylic acids is 2. The molecule has 24 heavy (non-hydrogen) atoms. The van der Waals surface area contributed by atoms with E-state index >= 15 is 0 Å². The van der Waals surface area contributed by atoms with E-state index in [0.29, 0.717) is 5.78 Å². The van der Waals surface area contributed by atoms with Crippen molar-refractivity contribution in [3.63, 3.8) is 0 Å². The molecule has 4 aliphatic heterocycles. The van der Waals surface area contributed by atoms with Gasteiger partial charge in [0.15, 0.2) is 6.04 Å². The van der Waals surface area contributed by atoms with E-state index in [1.165, 1.54) is 26.5 Å². The molecule has 3 bridgehead atoms. The second-order valence-electron chi connectivity index (χ2n) is 7.93. The number of carbonyl (C=O) groups is 2. The molecule has 1 aromatic heterocycles. The van der Waals surface area contributed by atoms with E-state index < -0.39 is 0 Å². The summed E-state index contributed by atoms with van der Waals surface area (Å²) in [5.74, 6) is 0.425. The van der Waals surface area contributed by atoms with Crippen molar-refractivity contribution in [2.24, 2.45) is 5.41 Å². The zero-order valence-corrected chi connectivity index (χ0v) is 13.8. The van der Waals surface area contributed by atoms with Crippen LogP contribution < -0.4 is 10.2 Å². The molecule has 0 amide bonds. The van der Waals surface area contributed by atoms with Crippen molar-refractivity contribution in [2.75, 3.05) is 6.54 Å². The van der Waals surface area contributed by atoms with Crippen molar-refractivity contribution < 1.29 is 14.5 Å². The maximum atomic E-state index is 13.2. The van der Waals surface area contributed by atoms with Crippen LogP contribution in [-0.2, 0) is 11.2 Å². The lowest BCUT2D eigenvalue weighted by Crippen LogP contribution is -3.19. The Hall–Kier alpha value is -1.79. The van der Waals surface area contributed by atoms with Crippen LogP contribution in [0.4, 0.5) is 0 Å². The van der Waals surface area contributed by atoms with Gasteiger partial charge in [0.25, 0.3) is 0 Å². The van der Waals surface area contributed by atoms with E-state index in [2.05, 4.69) is 10.3 Å². The maximum absolute atomic E-state index is 13.2. The lowest BCUT2D eigenvalue weighted by Gasteiger charge is -2.54. The van der Waals surface area contributed by atoms with E-state index in [4.69, 9.17) is 0 Å². The highest BCUT2D eigenvalue weighted by molar-refractivity contribution is 8.04. The molecule has 2 fully saturated rings. The Morgan fingerprint density at radius 1 is 1.29 bits per heavy atom. The number of piperidine rings is 1. The number of fused-ring (bicyclic) bond motifs is 3. The Balaban J connectivity index is 1.63. The van der Waals surface area contributed by atoms with Crippen LogP contribution in [0.25, 0.3) is 0 Å².